The van der Waals surface area contributed by atoms with Crippen molar-refractivity contribution in [2.75, 3.05) is 26.3 Å². The second kappa shape index (κ2) is 6.02. The van der Waals surface area contributed by atoms with E-state index in [0.717, 1.165) is 13.2 Å². The van der Waals surface area contributed by atoms with Crippen molar-refractivity contribution in [1.29, 1.82) is 0 Å². The highest BCUT2D eigenvalue weighted by atomic mass is 35.5. The van der Waals surface area contributed by atoms with Crippen molar-refractivity contribution in [2.45, 2.75) is 12.5 Å². The molecule has 0 radical (unpaired) electrons. The predicted molar refractivity (Wildman–Crippen MR) is 55.9 cm³/mol. The van der Waals surface area contributed by atoms with Gasteiger partial charge in [0, 0.05) is 19.5 Å². The third-order valence-electron chi connectivity index (χ3n) is 2.08. The minimum Gasteiger partial charge on any atom is -0.378 e. The van der Waals surface area contributed by atoms with Crippen LogP contribution in [0.4, 0.5) is 0 Å². The molecule has 1 aliphatic rings. The van der Waals surface area contributed by atoms with E-state index < -0.39 is 0 Å². The average Bonchev–Trinajstić information content (AvgIpc) is 2.68. The highest BCUT2D eigenvalue weighted by Crippen LogP contribution is 2.12. The third-order valence-corrected chi connectivity index (χ3v) is 2.08. The number of ether oxygens (including phenoxy) is 1. The number of nitrogens with one attached hydrogen (secondary N) is 1. The van der Waals surface area contributed by atoms with Gasteiger partial charge in [0.05, 0.1) is 19.3 Å². The van der Waals surface area contributed by atoms with Gasteiger partial charge in [-0.15, -0.1) is 12.4 Å². The van der Waals surface area contributed by atoms with E-state index in [1.54, 1.807) is 0 Å². The zero-order valence-corrected chi connectivity index (χ0v) is 9.13. The summed E-state index contributed by atoms with van der Waals surface area (Å²) in [7, 11) is 0. The standard InChI is InChI=1S/C8H14N4O2.ClH/c9-2-1-7-11-8(12-14-7)6-5-13-4-3-10-6;/h6,10H,1-5,9H2;1H. The largest absolute Gasteiger partial charge is 0.378 e. The molecule has 2 heterocycles. The minimum atomic E-state index is 0. The normalized spacial score (nSPS) is 21.0. The summed E-state index contributed by atoms with van der Waals surface area (Å²) < 4.78 is 10.3. The van der Waals surface area contributed by atoms with Gasteiger partial charge < -0.3 is 20.3 Å². The smallest absolute Gasteiger partial charge is 0.227 e. The van der Waals surface area contributed by atoms with Crippen LogP contribution in [0, 0.1) is 0 Å². The molecule has 1 unspecified atom stereocenters. The van der Waals surface area contributed by atoms with Gasteiger partial charge in [-0.05, 0) is 0 Å². The summed E-state index contributed by atoms with van der Waals surface area (Å²) in [6, 6.07) is 0.0547. The monoisotopic (exact) mass is 234 g/mol. The van der Waals surface area contributed by atoms with Crippen molar-refractivity contribution in [3.05, 3.63) is 11.7 Å². The molecule has 1 aliphatic heterocycles. The molecule has 0 saturated carbocycles. The second-order valence-corrected chi connectivity index (χ2v) is 3.17. The highest BCUT2D eigenvalue weighted by molar-refractivity contribution is 5.85. The van der Waals surface area contributed by atoms with Crippen molar-refractivity contribution in [2.24, 2.45) is 5.73 Å². The number of rotatable bonds is 3. The maximum absolute atomic E-state index is 5.38. The lowest BCUT2D eigenvalue weighted by Crippen LogP contribution is -2.35. The van der Waals surface area contributed by atoms with Gasteiger partial charge in [0.15, 0.2) is 5.82 Å². The Bertz CT molecular complexity index is 288. The van der Waals surface area contributed by atoms with E-state index in [2.05, 4.69) is 15.5 Å². The van der Waals surface area contributed by atoms with Crippen molar-refractivity contribution >= 4 is 12.4 Å². The Morgan fingerprint density at radius 2 is 2.40 bits per heavy atom. The van der Waals surface area contributed by atoms with E-state index in [1.807, 2.05) is 0 Å². The number of nitrogens with zero attached hydrogens (tertiary/aromatic N) is 2. The van der Waals surface area contributed by atoms with Gasteiger partial charge in [-0.2, -0.15) is 4.98 Å². The fourth-order valence-corrected chi connectivity index (χ4v) is 1.37. The van der Waals surface area contributed by atoms with Gasteiger partial charge in [0.25, 0.3) is 0 Å². The molecular weight excluding hydrogens is 220 g/mol. The first-order chi connectivity index (χ1) is 6.90. The van der Waals surface area contributed by atoms with E-state index >= 15 is 0 Å². The second-order valence-electron chi connectivity index (χ2n) is 3.17. The van der Waals surface area contributed by atoms with Gasteiger partial charge >= 0.3 is 0 Å². The third kappa shape index (κ3) is 3.13. The Morgan fingerprint density at radius 1 is 1.53 bits per heavy atom. The van der Waals surface area contributed by atoms with Crippen LogP contribution in [-0.2, 0) is 11.2 Å². The summed E-state index contributed by atoms with van der Waals surface area (Å²) in [6.07, 6.45) is 0.626. The summed E-state index contributed by atoms with van der Waals surface area (Å²) >= 11 is 0. The number of aromatic nitrogens is 2. The molecule has 6 nitrogen and oxygen atoms in total. The summed E-state index contributed by atoms with van der Waals surface area (Å²) in [5.41, 5.74) is 5.38. The molecule has 86 valence electrons. The molecule has 7 heteroatoms. The first kappa shape index (κ1) is 12.4. The molecule has 1 fully saturated rings. The zero-order valence-electron chi connectivity index (χ0n) is 8.31. The van der Waals surface area contributed by atoms with Crippen LogP contribution in [0.2, 0.25) is 0 Å². The molecule has 0 aliphatic carbocycles. The molecule has 0 bridgehead atoms. The zero-order chi connectivity index (χ0) is 9.80. The Hall–Kier alpha value is -0.690. The molecule has 2 rings (SSSR count). The lowest BCUT2D eigenvalue weighted by molar-refractivity contribution is 0.0734. The van der Waals surface area contributed by atoms with E-state index in [0.29, 0.717) is 31.3 Å². The van der Waals surface area contributed by atoms with Crippen LogP contribution in [0.25, 0.3) is 0 Å². The predicted octanol–water partition coefficient (Wildman–Crippen LogP) is -0.346. The van der Waals surface area contributed by atoms with E-state index in [4.69, 9.17) is 15.0 Å². The number of morpholine rings is 1. The number of hydrogen-bond donors (Lipinski definition) is 2. The molecule has 3 N–H and O–H groups in total. The Labute approximate surface area is 94.0 Å². The lowest BCUT2D eigenvalue weighted by Gasteiger charge is -2.20. The molecule has 0 amide bonds. The first-order valence-corrected chi connectivity index (χ1v) is 4.74. The van der Waals surface area contributed by atoms with Gasteiger partial charge in [-0.1, -0.05) is 5.16 Å². The summed E-state index contributed by atoms with van der Waals surface area (Å²) in [6.45, 7) is 2.69. The molecule has 1 atom stereocenters. The lowest BCUT2D eigenvalue weighted by atomic mass is 10.2. The van der Waals surface area contributed by atoms with Gasteiger partial charge in [-0.25, -0.2) is 0 Å². The maximum Gasteiger partial charge on any atom is 0.227 e. The quantitative estimate of drug-likeness (QED) is 0.744. The van der Waals surface area contributed by atoms with Crippen LogP contribution in [-0.4, -0.2) is 36.4 Å². The molecule has 1 aromatic heterocycles. The average molecular weight is 235 g/mol. The van der Waals surface area contributed by atoms with Crippen molar-refractivity contribution in [3.8, 4) is 0 Å². The molecule has 1 aromatic rings. The van der Waals surface area contributed by atoms with E-state index in [-0.39, 0.29) is 18.4 Å². The topological polar surface area (TPSA) is 86.2 Å². The van der Waals surface area contributed by atoms with E-state index in [9.17, 15) is 0 Å². The summed E-state index contributed by atoms with van der Waals surface area (Å²) in [5.74, 6) is 1.25. The molecule has 15 heavy (non-hydrogen) atoms. The van der Waals surface area contributed by atoms with Crippen LogP contribution in [0.15, 0.2) is 4.52 Å². The van der Waals surface area contributed by atoms with Crippen molar-refractivity contribution < 1.29 is 9.26 Å². The maximum atomic E-state index is 5.38. The molecule has 0 aromatic carbocycles. The number of halogens is 1. The van der Waals surface area contributed by atoms with Gasteiger partial charge in [0.2, 0.25) is 5.89 Å². The fraction of sp³-hybridized carbons (Fsp3) is 0.750. The fourth-order valence-electron chi connectivity index (χ4n) is 1.37. The Kier molecular flexibility index (Phi) is 4.97. The van der Waals surface area contributed by atoms with Crippen LogP contribution in [0.3, 0.4) is 0 Å². The first-order valence-electron chi connectivity index (χ1n) is 4.74. The highest BCUT2D eigenvalue weighted by Gasteiger charge is 2.20. The number of hydrogen-bond acceptors (Lipinski definition) is 6. The van der Waals surface area contributed by atoms with Crippen LogP contribution in [0.1, 0.15) is 17.8 Å². The van der Waals surface area contributed by atoms with Gasteiger partial charge in [0.1, 0.15) is 0 Å². The Morgan fingerprint density at radius 3 is 3.07 bits per heavy atom. The minimum absolute atomic E-state index is 0. The molecular formula is C8H15ClN4O2. The Balaban J connectivity index is 0.00000112. The SMILES string of the molecule is Cl.NCCc1nc(C2COCCN2)no1. The van der Waals surface area contributed by atoms with Crippen LogP contribution < -0.4 is 11.1 Å². The van der Waals surface area contributed by atoms with Gasteiger partial charge in [-0.3, -0.25) is 0 Å². The van der Waals surface area contributed by atoms with Crippen LogP contribution in [0.5, 0.6) is 0 Å². The number of nitrogens with two attached hydrogens (primary N) is 1. The van der Waals surface area contributed by atoms with Crippen molar-refractivity contribution in [1.82, 2.24) is 15.5 Å². The van der Waals surface area contributed by atoms with Crippen LogP contribution >= 0.6 is 12.4 Å². The van der Waals surface area contributed by atoms with E-state index in [1.165, 1.54) is 0 Å². The molecule has 0 spiro atoms. The summed E-state index contributed by atoms with van der Waals surface area (Å²) in [5, 5.41) is 7.12. The van der Waals surface area contributed by atoms with Crippen molar-refractivity contribution in [3.63, 3.8) is 0 Å². The molecule has 1 saturated heterocycles. The summed E-state index contributed by atoms with van der Waals surface area (Å²) in [4.78, 5) is 4.22.